The fraction of sp³-hybridized carbons (Fsp3) is 0.321. The molecule has 2 heterocycles. The second-order valence-corrected chi connectivity index (χ2v) is 8.93. The van der Waals surface area contributed by atoms with Gasteiger partial charge in [0.05, 0.1) is 6.61 Å². The summed E-state index contributed by atoms with van der Waals surface area (Å²) in [5.41, 5.74) is 6.70. The number of anilines is 2. The number of aliphatic hydroxyl groups is 1. The Morgan fingerprint density at radius 2 is 1.44 bits per heavy atom. The van der Waals surface area contributed by atoms with Crippen molar-refractivity contribution >= 4 is 17.3 Å². The molecule has 0 unspecified atom stereocenters. The van der Waals surface area contributed by atoms with Gasteiger partial charge >= 0.3 is 0 Å². The molecule has 1 spiro atoms. The number of nitrogens with zero attached hydrogens (tertiary/aromatic N) is 1. The lowest BCUT2D eigenvalue weighted by atomic mass is 9.73. The first-order valence-electron chi connectivity index (χ1n) is 12.0. The molecule has 0 fully saturated rings. The van der Waals surface area contributed by atoms with Gasteiger partial charge in [0.15, 0.2) is 0 Å². The monoisotopic (exact) mass is 457 g/mol. The molecule has 2 aliphatic heterocycles. The number of carbonyl (C=O) groups excluding carboxylic acids is 1. The fourth-order valence-electron chi connectivity index (χ4n) is 5.51. The first-order chi connectivity index (χ1) is 16.5. The van der Waals surface area contributed by atoms with Gasteiger partial charge in [-0.25, -0.2) is 0 Å². The van der Waals surface area contributed by atoms with E-state index in [1.165, 1.54) is 0 Å². The lowest BCUT2D eigenvalue weighted by molar-refractivity contribution is 0.0615. The van der Waals surface area contributed by atoms with Crippen molar-refractivity contribution in [3.8, 4) is 11.5 Å². The molecule has 0 saturated heterocycles. The van der Waals surface area contributed by atoms with Crippen LogP contribution in [0.15, 0.2) is 48.5 Å². The van der Waals surface area contributed by atoms with E-state index < -0.39 is 5.54 Å². The van der Waals surface area contributed by atoms with E-state index in [1.54, 1.807) is 0 Å². The number of nitrogens with one attached hydrogen (secondary N) is 2. The highest BCUT2D eigenvalue weighted by Crippen LogP contribution is 2.58. The second kappa shape index (κ2) is 8.37. The molecule has 5 rings (SSSR count). The van der Waals surface area contributed by atoms with E-state index in [0.29, 0.717) is 17.1 Å². The highest BCUT2D eigenvalue weighted by molar-refractivity contribution is 6.02. The maximum Gasteiger partial charge on any atom is 0.255 e. The number of benzene rings is 3. The highest BCUT2D eigenvalue weighted by atomic mass is 16.5. The summed E-state index contributed by atoms with van der Waals surface area (Å²) < 4.78 is 6.54. The highest BCUT2D eigenvalue weighted by Gasteiger charge is 2.56. The van der Waals surface area contributed by atoms with Crippen molar-refractivity contribution in [3.63, 3.8) is 0 Å². The smallest absolute Gasteiger partial charge is 0.255 e. The van der Waals surface area contributed by atoms with Gasteiger partial charge in [-0.05, 0) is 62.6 Å². The molecule has 6 heteroatoms. The van der Waals surface area contributed by atoms with Crippen LogP contribution >= 0.6 is 0 Å². The van der Waals surface area contributed by atoms with Crippen LogP contribution in [-0.2, 0) is 5.54 Å². The first-order valence-corrected chi connectivity index (χ1v) is 12.0. The summed E-state index contributed by atoms with van der Waals surface area (Å²) in [6.45, 7) is 9.95. The zero-order valence-electron chi connectivity index (χ0n) is 20.2. The number of aryl methyl sites for hydroxylation is 2. The Balaban J connectivity index is 1.89. The van der Waals surface area contributed by atoms with E-state index in [2.05, 4.69) is 50.5 Å². The van der Waals surface area contributed by atoms with Crippen LogP contribution in [0.4, 0.5) is 11.4 Å². The molecule has 0 aromatic heterocycles. The van der Waals surface area contributed by atoms with Crippen molar-refractivity contribution in [3.05, 3.63) is 81.9 Å². The summed E-state index contributed by atoms with van der Waals surface area (Å²) in [5.74, 6) is 1.35. The van der Waals surface area contributed by atoms with Crippen molar-refractivity contribution in [2.75, 3.05) is 36.9 Å². The zero-order valence-corrected chi connectivity index (χ0v) is 20.2. The van der Waals surface area contributed by atoms with Crippen LogP contribution in [0.5, 0.6) is 11.5 Å². The first kappa shape index (κ1) is 22.3. The Morgan fingerprint density at radius 3 is 1.97 bits per heavy atom. The number of fused-ring (bicyclic) bond motifs is 6. The van der Waals surface area contributed by atoms with Crippen LogP contribution in [0, 0.1) is 13.8 Å². The molecule has 3 N–H and O–H groups in total. The standard InChI is InChI=1S/C28H31N3O3/c1-5-29-23-15-25-21(13-17(23)3)28(22-14-18(4)24(30-6-2)16-26(22)34-25)20-10-8-7-9-19(20)27(33)31(28)11-12-32/h7-10,13-16,29-30,32H,5-6,11-12H2,1-4H3. The van der Waals surface area contributed by atoms with Crippen molar-refractivity contribution in [1.29, 1.82) is 0 Å². The fourth-order valence-corrected chi connectivity index (χ4v) is 5.51. The number of amides is 1. The van der Waals surface area contributed by atoms with Gasteiger partial charge in [-0.1, -0.05) is 18.2 Å². The summed E-state index contributed by atoms with van der Waals surface area (Å²) in [5, 5.41) is 16.9. The molecule has 6 nitrogen and oxygen atoms in total. The van der Waals surface area contributed by atoms with E-state index in [4.69, 9.17) is 4.74 Å². The summed E-state index contributed by atoms with van der Waals surface area (Å²) >= 11 is 0. The molecule has 0 radical (unpaired) electrons. The average Bonchev–Trinajstić information content (AvgIpc) is 3.06. The minimum absolute atomic E-state index is 0.0784. The van der Waals surface area contributed by atoms with Gasteiger partial charge in [-0.15, -0.1) is 0 Å². The van der Waals surface area contributed by atoms with E-state index in [0.717, 1.165) is 52.3 Å². The lowest BCUT2D eigenvalue weighted by Crippen LogP contribution is -2.48. The normalized spacial score (nSPS) is 15.0. The summed E-state index contributed by atoms with van der Waals surface area (Å²) in [6, 6.07) is 16.1. The molecule has 0 saturated carbocycles. The van der Waals surface area contributed by atoms with Gasteiger partial charge in [-0.3, -0.25) is 4.79 Å². The van der Waals surface area contributed by atoms with E-state index >= 15 is 0 Å². The van der Waals surface area contributed by atoms with Gasteiger partial charge in [-0.2, -0.15) is 0 Å². The number of aliphatic hydroxyl groups excluding tert-OH is 1. The predicted molar refractivity (Wildman–Crippen MR) is 135 cm³/mol. The molecule has 176 valence electrons. The molecule has 34 heavy (non-hydrogen) atoms. The van der Waals surface area contributed by atoms with E-state index in [9.17, 15) is 9.90 Å². The maximum absolute atomic E-state index is 13.7. The SMILES string of the molecule is CCNc1cc2c(cc1C)C1(c3cc(C)c(NCC)cc3O2)c2ccccc2C(=O)N1CCO. The predicted octanol–water partition coefficient (Wildman–Crippen LogP) is 5.01. The number of carbonyl (C=O) groups is 1. The Kier molecular flexibility index (Phi) is 5.48. The Hall–Kier alpha value is -3.51. The molecule has 0 atom stereocenters. The van der Waals surface area contributed by atoms with Gasteiger partial charge in [0.25, 0.3) is 5.91 Å². The van der Waals surface area contributed by atoms with Gasteiger partial charge in [0, 0.05) is 59.8 Å². The molecular formula is C28H31N3O3. The molecule has 3 aromatic rings. The quantitative estimate of drug-likeness (QED) is 0.485. The third-order valence-corrected chi connectivity index (χ3v) is 6.91. The van der Waals surface area contributed by atoms with Crippen LogP contribution < -0.4 is 15.4 Å². The minimum Gasteiger partial charge on any atom is -0.456 e. The largest absolute Gasteiger partial charge is 0.456 e. The average molecular weight is 458 g/mol. The Morgan fingerprint density at radius 1 is 0.882 bits per heavy atom. The molecule has 0 bridgehead atoms. The minimum atomic E-state index is -0.885. The maximum atomic E-state index is 13.7. The number of β-amino-alcohol motifs (C(OH)–C–C–N with tert-alkyl or cyclic N) is 1. The Labute approximate surface area is 200 Å². The zero-order chi connectivity index (χ0) is 24.0. The summed E-state index contributed by atoms with van der Waals surface area (Å²) in [4.78, 5) is 15.6. The van der Waals surface area contributed by atoms with Crippen LogP contribution in [0.25, 0.3) is 0 Å². The molecule has 1 amide bonds. The molecular weight excluding hydrogens is 426 g/mol. The van der Waals surface area contributed by atoms with Crippen LogP contribution in [0.2, 0.25) is 0 Å². The third-order valence-electron chi connectivity index (χ3n) is 6.91. The van der Waals surface area contributed by atoms with Gasteiger partial charge < -0.3 is 25.4 Å². The van der Waals surface area contributed by atoms with Crippen molar-refractivity contribution in [1.82, 2.24) is 4.90 Å². The summed E-state index contributed by atoms with van der Waals surface area (Å²) in [6.07, 6.45) is 0. The third kappa shape index (κ3) is 3.02. The summed E-state index contributed by atoms with van der Waals surface area (Å²) in [7, 11) is 0. The van der Waals surface area contributed by atoms with Crippen molar-refractivity contribution in [2.45, 2.75) is 33.2 Å². The molecule has 3 aromatic carbocycles. The van der Waals surface area contributed by atoms with Crippen LogP contribution in [0.1, 0.15) is 52.0 Å². The number of hydrogen-bond acceptors (Lipinski definition) is 5. The van der Waals surface area contributed by atoms with Crippen molar-refractivity contribution < 1.29 is 14.6 Å². The molecule has 0 aliphatic carbocycles. The van der Waals surface area contributed by atoms with Crippen molar-refractivity contribution in [2.24, 2.45) is 0 Å². The topological polar surface area (TPSA) is 73.8 Å². The van der Waals surface area contributed by atoms with Gasteiger partial charge in [0.2, 0.25) is 0 Å². The van der Waals surface area contributed by atoms with E-state index in [-0.39, 0.29) is 19.1 Å². The number of ether oxygens (including phenoxy) is 1. The number of rotatable bonds is 6. The van der Waals surface area contributed by atoms with Crippen LogP contribution in [-0.4, -0.2) is 42.2 Å². The number of hydrogen-bond donors (Lipinski definition) is 3. The molecule has 2 aliphatic rings. The van der Waals surface area contributed by atoms with E-state index in [1.807, 2.05) is 41.3 Å². The van der Waals surface area contributed by atoms with Gasteiger partial charge in [0.1, 0.15) is 17.0 Å². The van der Waals surface area contributed by atoms with Crippen LogP contribution in [0.3, 0.4) is 0 Å². The lowest BCUT2D eigenvalue weighted by Gasteiger charge is -2.44. The Bertz CT molecular complexity index is 1220. The second-order valence-electron chi connectivity index (χ2n) is 8.93.